The number of pyridine rings is 1. The number of aromatic nitrogens is 1. The quantitative estimate of drug-likeness (QED) is 0.747. The molecule has 1 saturated carbocycles. The van der Waals surface area contributed by atoms with Crippen molar-refractivity contribution in [1.29, 1.82) is 0 Å². The van der Waals surface area contributed by atoms with Gasteiger partial charge in [-0.3, -0.25) is 4.79 Å². The molecular formula is C21H27N3O3S. The van der Waals surface area contributed by atoms with Gasteiger partial charge in [-0.2, -0.15) is 0 Å². The van der Waals surface area contributed by atoms with Crippen LogP contribution >= 0.6 is 12.2 Å². The lowest BCUT2D eigenvalue weighted by atomic mass is 10.1. The van der Waals surface area contributed by atoms with Crippen LogP contribution in [0.1, 0.15) is 45.1 Å². The maximum Gasteiger partial charge on any atom is 0.253 e. The van der Waals surface area contributed by atoms with E-state index in [1.54, 1.807) is 0 Å². The SMILES string of the molecule is CC(C)CNC(=S)N(Cc1cc2cc3c(cc2[nH]c1=O)OCO3)C1CCCC1. The Bertz CT molecular complexity index is 934. The molecule has 1 aliphatic heterocycles. The number of nitrogens with zero attached hydrogens (tertiary/aromatic N) is 1. The smallest absolute Gasteiger partial charge is 0.253 e. The second-order valence-electron chi connectivity index (χ2n) is 8.06. The van der Waals surface area contributed by atoms with E-state index in [4.69, 9.17) is 21.7 Å². The van der Waals surface area contributed by atoms with E-state index in [9.17, 15) is 4.79 Å². The molecule has 0 saturated heterocycles. The van der Waals surface area contributed by atoms with E-state index in [0.29, 0.717) is 35.6 Å². The zero-order valence-electron chi connectivity index (χ0n) is 16.4. The summed E-state index contributed by atoms with van der Waals surface area (Å²) < 4.78 is 10.9. The molecule has 1 aliphatic carbocycles. The van der Waals surface area contributed by atoms with Gasteiger partial charge in [-0.25, -0.2) is 0 Å². The van der Waals surface area contributed by atoms with Crippen LogP contribution in [-0.4, -0.2) is 34.4 Å². The first-order chi connectivity index (χ1) is 13.5. The average Bonchev–Trinajstić information content (AvgIpc) is 3.34. The molecule has 1 fully saturated rings. The number of aromatic amines is 1. The van der Waals surface area contributed by atoms with Crippen molar-refractivity contribution in [1.82, 2.24) is 15.2 Å². The number of rotatable bonds is 5. The molecule has 1 aromatic carbocycles. The molecule has 0 amide bonds. The Kier molecular flexibility index (Phi) is 5.44. The molecule has 28 heavy (non-hydrogen) atoms. The third-order valence-corrected chi connectivity index (χ3v) is 5.82. The number of hydrogen-bond acceptors (Lipinski definition) is 4. The van der Waals surface area contributed by atoms with Gasteiger partial charge < -0.3 is 24.7 Å². The Morgan fingerprint density at radius 3 is 2.68 bits per heavy atom. The summed E-state index contributed by atoms with van der Waals surface area (Å²) in [5.74, 6) is 1.89. The van der Waals surface area contributed by atoms with Crippen molar-refractivity contribution in [2.24, 2.45) is 5.92 Å². The Hall–Kier alpha value is -2.28. The van der Waals surface area contributed by atoms with E-state index in [1.165, 1.54) is 12.8 Å². The second-order valence-corrected chi connectivity index (χ2v) is 8.45. The lowest BCUT2D eigenvalue weighted by molar-refractivity contribution is 0.174. The highest BCUT2D eigenvalue weighted by atomic mass is 32.1. The van der Waals surface area contributed by atoms with Crippen molar-refractivity contribution < 1.29 is 9.47 Å². The standard InChI is InChI=1S/C21H27N3O3S/c1-13(2)10-22-21(28)24(16-5-3-4-6-16)11-15-7-14-8-18-19(27-12-26-18)9-17(14)23-20(15)25/h7-9,13,16H,3-6,10-12H2,1-2H3,(H,22,28)(H,23,25). The Morgan fingerprint density at radius 2 is 1.96 bits per heavy atom. The third kappa shape index (κ3) is 3.94. The zero-order valence-corrected chi connectivity index (χ0v) is 17.2. The van der Waals surface area contributed by atoms with Gasteiger partial charge in [0.15, 0.2) is 16.6 Å². The molecule has 0 bridgehead atoms. The highest BCUT2D eigenvalue weighted by Gasteiger charge is 2.26. The minimum Gasteiger partial charge on any atom is -0.454 e. The number of benzene rings is 1. The van der Waals surface area contributed by atoms with Crippen LogP contribution < -0.4 is 20.3 Å². The highest BCUT2D eigenvalue weighted by molar-refractivity contribution is 7.80. The van der Waals surface area contributed by atoms with Crippen molar-refractivity contribution in [3.8, 4) is 11.5 Å². The third-order valence-electron chi connectivity index (χ3n) is 5.44. The second kappa shape index (κ2) is 7.99. The highest BCUT2D eigenvalue weighted by Crippen LogP contribution is 2.35. The summed E-state index contributed by atoms with van der Waals surface area (Å²) in [5.41, 5.74) is 1.39. The monoisotopic (exact) mass is 401 g/mol. The molecule has 2 N–H and O–H groups in total. The molecule has 2 aliphatic rings. The fraction of sp³-hybridized carbons (Fsp3) is 0.524. The van der Waals surface area contributed by atoms with Crippen LogP contribution in [0.5, 0.6) is 11.5 Å². The summed E-state index contributed by atoms with van der Waals surface area (Å²) in [5, 5.41) is 5.06. The van der Waals surface area contributed by atoms with Crippen LogP contribution in [0.2, 0.25) is 0 Å². The van der Waals surface area contributed by atoms with Gasteiger partial charge in [-0.15, -0.1) is 0 Å². The van der Waals surface area contributed by atoms with Crippen molar-refractivity contribution in [2.75, 3.05) is 13.3 Å². The van der Waals surface area contributed by atoms with Gasteiger partial charge in [0.1, 0.15) is 0 Å². The molecule has 150 valence electrons. The normalized spacial score (nSPS) is 16.1. The van der Waals surface area contributed by atoms with Gasteiger partial charge in [-0.05, 0) is 43.1 Å². The molecule has 0 radical (unpaired) electrons. The predicted molar refractivity (Wildman–Crippen MR) is 114 cm³/mol. The predicted octanol–water partition coefficient (Wildman–Crippen LogP) is 3.53. The summed E-state index contributed by atoms with van der Waals surface area (Å²) in [6.45, 7) is 5.88. The number of nitrogens with one attached hydrogen (secondary N) is 2. The van der Waals surface area contributed by atoms with Crippen LogP contribution in [0.15, 0.2) is 23.0 Å². The maximum atomic E-state index is 12.8. The Balaban J connectivity index is 1.62. The molecule has 0 unspecified atom stereocenters. The fourth-order valence-electron chi connectivity index (χ4n) is 3.92. The summed E-state index contributed by atoms with van der Waals surface area (Å²) in [7, 11) is 0. The molecule has 0 atom stereocenters. The van der Waals surface area contributed by atoms with Crippen molar-refractivity contribution in [3.05, 3.63) is 34.1 Å². The van der Waals surface area contributed by atoms with Crippen molar-refractivity contribution >= 4 is 28.2 Å². The van der Waals surface area contributed by atoms with Gasteiger partial charge >= 0.3 is 0 Å². The van der Waals surface area contributed by atoms with Crippen LogP contribution in [0, 0.1) is 5.92 Å². The molecule has 0 spiro atoms. The van der Waals surface area contributed by atoms with E-state index in [1.807, 2.05) is 18.2 Å². The molecule has 6 nitrogen and oxygen atoms in total. The van der Waals surface area contributed by atoms with E-state index >= 15 is 0 Å². The number of ether oxygens (including phenoxy) is 2. The first-order valence-electron chi connectivity index (χ1n) is 10.0. The van der Waals surface area contributed by atoms with E-state index in [-0.39, 0.29) is 12.4 Å². The van der Waals surface area contributed by atoms with Gasteiger partial charge in [0.2, 0.25) is 6.79 Å². The van der Waals surface area contributed by atoms with Crippen LogP contribution in [0.4, 0.5) is 0 Å². The first-order valence-corrected chi connectivity index (χ1v) is 10.4. The van der Waals surface area contributed by atoms with Crippen LogP contribution in [-0.2, 0) is 6.54 Å². The van der Waals surface area contributed by atoms with Gasteiger partial charge in [0.25, 0.3) is 5.56 Å². The Morgan fingerprint density at radius 1 is 1.25 bits per heavy atom. The van der Waals surface area contributed by atoms with Gasteiger partial charge in [0.05, 0.1) is 12.1 Å². The van der Waals surface area contributed by atoms with Crippen LogP contribution in [0.25, 0.3) is 10.9 Å². The van der Waals surface area contributed by atoms with Crippen molar-refractivity contribution in [2.45, 2.75) is 52.1 Å². The largest absolute Gasteiger partial charge is 0.454 e. The number of thiocarbonyl (C=S) groups is 1. The topological polar surface area (TPSA) is 66.6 Å². The summed E-state index contributed by atoms with van der Waals surface area (Å²) in [4.78, 5) is 17.9. The Labute approximate surface area is 170 Å². The van der Waals surface area contributed by atoms with E-state index in [0.717, 1.165) is 35.4 Å². The number of hydrogen-bond donors (Lipinski definition) is 2. The minimum absolute atomic E-state index is 0.0824. The lowest BCUT2D eigenvalue weighted by Crippen LogP contribution is -2.46. The lowest BCUT2D eigenvalue weighted by Gasteiger charge is -2.32. The first kappa shape index (κ1) is 19.1. The van der Waals surface area contributed by atoms with Gasteiger partial charge in [0, 0.05) is 29.6 Å². The maximum absolute atomic E-state index is 12.8. The average molecular weight is 402 g/mol. The molecule has 4 rings (SSSR count). The van der Waals surface area contributed by atoms with Crippen LogP contribution in [0.3, 0.4) is 0 Å². The van der Waals surface area contributed by atoms with Crippen molar-refractivity contribution in [3.63, 3.8) is 0 Å². The van der Waals surface area contributed by atoms with Gasteiger partial charge in [-0.1, -0.05) is 26.7 Å². The minimum atomic E-state index is -0.0824. The molecule has 2 heterocycles. The van der Waals surface area contributed by atoms with E-state index < -0.39 is 0 Å². The zero-order chi connectivity index (χ0) is 19.7. The summed E-state index contributed by atoms with van der Waals surface area (Å²) in [6.07, 6.45) is 4.67. The fourth-order valence-corrected chi connectivity index (χ4v) is 4.21. The molecule has 7 heteroatoms. The number of fused-ring (bicyclic) bond motifs is 2. The number of H-pyrrole nitrogens is 1. The summed E-state index contributed by atoms with van der Waals surface area (Å²) in [6, 6.07) is 6.08. The molecule has 2 aromatic rings. The van der Waals surface area contributed by atoms with E-state index in [2.05, 4.69) is 29.0 Å². The molecular weight excluding hydrogens is 374 g/mol. The summed E-state index contributed by atoms with van der Waals surface area (Å²) >= 11 is 5.70. The molecule has 1 aromatic heterocycles.